The number of hydrogen-bond acceptors (Lipinski definition) is 10. The Hall–Kier alpha value is -4.85. The second-order valence-electron chi connectivity index (χ2n) is 11.0. The molecule has 2 fully saturated rings. The molecule has 0 saturated carbocycles. The maximum Gasteiger partial charge on any atom is 0.292 e. The highest BCUT2D eigenvalue weighted by atomic mass is 32.2. The lowest BCUT2D eigenvalue weighted by Crippen LogP contribution is -2.46. The van der Waals surface area contributed by atoms with Crippen LogP contribution in [0.3, 0.4) is 0 Å². The van der Waals surface area contributed by atoms with Gasteiger partial charge in [0.05, 0.1) is 24.7 Å². The van der Waals surface area contributed by atoms with Gasteiger partial charge in [0, 0.05) is 47.1 Å². The minimum Gasteiger partial charge on any atom is -0.497 e. The van der Waals surface area contributed by atoms with Gasteiger partial charge in [0.1, 0.15) is 22.8 Å². The normalized spacial score (nSPS) is 20.0. The van der Waals surface area contributed by atoms with Crippen LogP contribution in [0.4, 0.5) is 5.82 Å². The number of aromatic nitrogens is 7. The molecule has 0 unspecified atom stereocenters. The molecule has 3 N–H and O–H groups in total. The lowest BCUT2D eigenvalue weighted by Gasteiger charge is -2.38. The van der Waals surface area contributed by atoms with Crippen LogP contribution < -0.4 is 10.5 Å². The molecule has 0 aliphatic carbocycles. The van der Waals surface area contributed by atoms with E-state index in [0.29, 0.717) is 29.7 Å². The number of sulfone groups is 1. The number of nitrogens with one attached hydrogen (secondary N) is 1. The largest absolute Gasteiger partial charge is 0.497 e. The minimum absolute atomic E-state index is 0.0120. The van der Waals surface area contributed by atoms with E-state index in [-0.39, 0.29) is 40.4 Å². The van der Waals surface area contributed by atoms with E-state index in [4.69, 9.17) is 15.5 Å². The van der Waals surface area contributed by atoms with E-state index in [1.54, 1.807) is 19.5 Å². The number of methoxy groups -OCH3 is 1. The number of piperidine rings is 1. The smallest absolute Gasteiger partial charge is 0.292 e. The molecule has 5 aromatic rings. The summed E-state index contributed by atoms with van der Waals surface area (Å²) in [5.41, 5.74) is 10.6. The van der Waals surface area contributed by atoms with E-state index in [9.17, 15) is 13.2 Å². The van der Waals surface area contributed by atoms with E-state index in [1.165, 1.54) is 10.8 Å². The molecule has 6 heterocycles. The number of pyridine rings is 1. The first-order valence-electron chi connectivity index (χ1n) is 13.9. The van der Waals surface area contributed by atoms with Gasteiger partial charge in [-0.05, 0) is 56.0 Å². The van der Waals surface area contributed by atoms with Crippen LogP contribution in [-0.4, -0.2) is 79.4 Å². The molecule has 0 radical (unpaired) electrons. The molecule has 4 aromatic heterocycles. The van der Waals surface area contributed by atoms with E-state index in [2.05, 4.69) is 25.3 Å². The first kappa shape index (κ1) is 27.0. The Labute approximate surface area is 247 Å². The summed E-state index contributed by atoms with van der Waals surface area (Å²) in [4.78, 5) is 27.4. The molecule has 2 saturated heterocycles. The second-order valence-corrected chi connectivity index (χ2v) is 13.0. The number of nitrogens with zero attached hydrogens (tertiary/aromatic N) is 7. The third-order valence-electron chi connectivity index (χ3n) is 8.47. The molecule has 7 rings (SSSR count). The topological polar surface area (TPSA) is 174 Å². The molecule has 2 aliphatic heterocycles. The van der Waals surface area contributed by atoms with Crippen molar-refractivity contribution < 1.29 is 17.9 Å². The van der Waals surface area contributed by atoms with Gasteiger partial charge in [-0.2, -0.15) is 9.61 Å². The number of aromatic amines is 1. The molecule has 3 atom stereocenters. The molecule has 2 bridgehead atoms. The summed E-state index contributed by atoms with van der Waals surface area (Å²) in [6, 6.07) is 11.3. The van der Waals surface area contributed by atoms with Crippen molar-refractivity contribution >= 4 is 27.2 Å². The maximum absolute atomic E-state index is 13.2. The zero-order chi connectivity index (χ0) is 29.9. The number of nitrogen functional groups attached to an aromatic ring is 1. The number of hydrogen-bond donors (Lipinski definition) is 2. The van der Waals surface area contributed by atoms with Crippen molar-refractivity contribution in [3.05, 3.63) is 66.6 Å². The van der Waals surface area contributed by atoms with Crippen LogP contribution in [0.2, 0.25) is 0 Å². The molecule has 0 spiro atoms. The number of nitrogens with two attached hydrogens (primary N) is 1. The molecule has 1 aromatic carbocycles. The lowest BCUT2D eigenvalue weighted by atomic mass is 9.87. The van der Waals surface area contributed by atoms with Crippen molar-refractivity contribution in [3.63, 3.8) is 0 Å². The van der Waals surface area contributed by atoms with Crippen LogP contribution in [0.5, 0.6) is 5.75 Å². The Kier molecular flexibility index (Phi) is 6.38. The third kappa shape index (κ3) is 4.58. The number of carbonyl (C=O) groups excluding carboxylic acids is 1. The molecule has 2 aliphatic rings. The van der Waals surface area contributed by atoms with Crippen molar-refractivity contribution in [3.8, 4) is 28.1 Å². The SMILES string of the molecule is COc1ccc(-c2ccc(-c3cnn4c(N)c(S(C)(=O)=O)c([C@@H]5C[C@H]6CC[C@@H](C5)N6C(=O)c5nnc[nH]5)nc34)cn2)cc1. The van der Waals surface area contributed by atoms with Gasteiger partial charge < -0.3 is 20.4 Å². The number of benzene rings is 1. The Balaban J connectivity index is 1.26. The van der Waals surface area contributed by atoms with E-state index < -0.39 is 9.84 Å². The fourth-order valence-electron chi connectivity index (χ4n) is 6.53. The number of H-pyrrole nitrogens is 1. The first-order valence-corrected chi connectivity index (χ1v) is 15.8. The minimum atomic E-state index is -3.75. The van der Waals surface area contributed by atoms with Crippen molar-refractivity contribution in [2.75, 3.05) is 19.1 Å². The fraction of sp³-hybridized carbons (Fsp3) is 0.310. The monoisotopic (exact) mass is 599 g/mol. The third-order valence-corrected chi connectivity index (χ3v) is 9.63. The highest BCUT2D eigenvalue weighted by Gasteiger charge is 2.46. The van der Waals surface area contributed by atoms with Crippen LogP contribution in [-0.2, 0) is 9.84 Å². The summed E-state index contributed by atoms with van der Waals surface area (Å²) in [5.74, 6) is 0.570. The second kappa shape index (κ2) is 10.2. The van der Waals surface area contributed by atoms with Gasteiger partial charge in [-0.1, -0.05) is 6.07 Å². The summed E-state index contributed by atoms with van der Waals surface area (Å²) in [6.45, 7) is 0. The molecule has 43 heavy (non-hydrogen) atoms. The molecule has 220 valence electrons. The number of fused-ring (bicyclic) bond motifs is 3. The van der Waals surface area contributed by atoms with Crippen LogP contribution >= 0.6 is 0 Å². The summed E-state index contributed by atoms with van der Waals surface area (Å²) in [7, 11) is -2.13. The number of amides is 1. The van der Waals surface area contributed by atoms with Crippen molar-refractivity contribution in [2.45, 2.75) is 48.6 Å². The van der Waals surface area contributed by atoms with Crippen molar-refractivity contribution in [2.24, 2.45) is 0 Å². The average molecular weight is 600 g/mol. The predicted octanol–water partition coefficient (Wildman–Crippen LogP) is 3.12. The van der Waals surface area contributed by atoms with Gasteiger partial charge >= 0.3 is 0 Å². The lowest BCUT2D eigenvalue weighted by molar-refractivity contribution is 0.0556. The van der Waals surface area contributed by atoms with Crippen molar-refractivity contribution in [1.29, 1.82) is 0 Å². The van der Waals surface area contributed by atoms with E-state index in [0.717, 1.165) is 41.7 Å². The van der Waals surface area contributed by atoms with Crippen LogP contribution in [0, 0.1) is 0 Å². The van der Waals surface area contributed by atoms with Crippen molar-refractivity contribution in [1.82, 2.24) is 39.7 Å². The molecular weight excluding hydrogens is 570 g/mol. The van der Waals surface area contributed by atoms with Crippen LogP contribution in [0.25, 0.3) is 28.0 Å². The Bertz CT molecular complexity index is 1920. The highest BCUT2D eigenvalue weighted by Crippen LogP contribution is 2.45. The Morgan fingerprint density at radius 3 is 2.37 bits per heavy atom. The molecular formula is C29H29N9O4S. The quantitative estimate of drug-likeness (QED) is 0.295. The Morgan fingerprint density at radius 1 is 1.05 bits per heavy atom. The van der Waals surface area contributed by atoms with Gasteiger partial charge in [0.25, 0.3) is 5.91 Å². The summed E-state index contributed by atoms with van der Waals surface area (Å²) >= 11 is 0. The standard InChI is InChI=1S/C29H29N9O4S/c1-42-21-8-3-16(4-9-21)23-10-5-17(13-31-23)22-14-34-38-26(30)25(43(2,40)41)24(35-28(22)38)18-11-19-6-7-20(12-18)37(19)29(39)27-32-15-33-36-27/h3-5,8-10,13-15,18-20H,6-7,11-12,30H2,1-2H3,(H,32,33,36)/t18-,19-,20+. The van der Waals surface area contributed by atoms with Crippen LogP contribution in [0.15, 0.2) is 60.0 Å². The molecule has 13 nitrogen and oxygen atoms in total. The number of rotatable bonds is 6. The predicted molar refractivity (Wildman–Crippen MR) is 157 cm³/mol. The fourth-order valence-corrected chi connectivity index (χ4v) is 7.59. The summed E-state index contributed by atoms with van der Waals surface area (Å²) in [6.07, 6.45) is 8.64. The zero-order valence-corrected chi connectivity index (χ0v) is 24.3. The first-order chi connectivity index (χ1) is 20.7. The van der Waals surface area contributed by atoms with Crippen LogP contribution in [0.1, 0.15) is 47.9 Å². The van der Waals surface area contributed by atoms with Gasteiger partial charge in [-0.15, -0.1) is 10.2 Å². The highest BCUT2D eigenvalue weighted by molar-refractivity contribution is 7.91. The van der Waals surface area contributed by atoms with Gasteiger partial charge in [-0.3, -0.25) is 9.78 Å². The number of anilines is 1. The van der Waals surface area contributed by atoms with E-state index in [1.807, 2.05) is 41.3 Å². The molecule has 14 heteroatoms. The summed E-state index contributed by atoms with van der Waals surface area (Å²) in [5, 5.41) is 12.1. The number of ether oxygens (including phenoxy) is 1. The van der Waals surface area contributed by atoms with Gasteiger partial charge in [0.15, 0.2) is 15.5 Å². The maximum atomic E-state index is 13.2. The Morgan fingerprint density at radius 2 is 1.77 bits per heavy atom. The molecule has 1 amide bonds. The zero-order valence-electron chi connectivity index (χ0n) is 23.5. The summed E-state index contributed by atoms with van der Waals surface area (Å²) < 4.78 is 32.8. The van der Waals surface area contributed by atoms with Gasteiger partial charge in [0.2, 0.25) is 5.82 Å². The number of carbonyl (C=O) groups is 1. The van der Waals surface area contributed by atoms with E-state index >= 15 is 0 Å². The van der Waals surface area contributed by atoms with Gasteiger partial charge in [-0.25, -0.2) is 13.4 Å². The average Bonchev–Trinajstić information content (AvgIpc) is 3.75.